The predicted molar refractivity (Wildman–Crippen MR) is 183 cm³/mol. The van der Waals surface area contributed by atoms with Gasteiger partial charge in [-0.2, -0.15) is 0 Å². The van der Waals surface area contributed by atoms with Crippen molar-refractivity contribution in [1.29, 1.82) is 0 Å². The first kappa shape index (κ1) is 34.4. The van der Waals surface area contributed by atoms with Gasteiger partial charge >= 0.3 is 0 Å². The summed E-state index contributed by atoms with van der Waals surface area (Å²) in [6, 6.07) is 12.4. The number of ether oxygens (including phenoxy) is 2. The Morgan fingerprint density at radius 2 is 1.72 bits per heavy atom. The first-order valence-corrected chi connectivity index (χ1v) is 16.8. The van der Waals surface area contributed by atoms with Gasteiger partial charge in [-0.25, -0.2) is 0 Å². The monoisotopic (exact) mass is 643 g/mol. The number of carbonyl (C=O) groups is 3. The van der Waals surface area contributed by atoms with E-state index in [9.17, 15) is 19.5 Å². The summed E-state index contributed by atoms with van der Waals surface area (Å²) in [6.07, 6.45) is 6.34. The average molecular weight is 644 g/mol. The van der Waals surface area contributed by atoms with Gasteiger partial charge in [0.1, 0.15) is 17.4 Å². The third-order valence-electron chi connectivity index (χ3n) is 10.1. The number of unbranched alkanes of at least 4 members (excludes halogenated alkanes) is 2. The summed E-state index contributed by atoms with van der Waals surface area (Å²) in [6.45, 7) is 17.1. The van der Waals surface area contributed by atoms with Gasteiger partial charge in [0, 0.05) is 37.6 Å². The number of fused-ring (bicyclic) bond motifs is 1. The SMILES string of the molecule is C=CCN(C(=O)[C@H]1[C@H]2C(=O)N(CCCCCO)C(C(=O)N(CC=C)c3cc(C)ccc3C)C23CC[C@]1(C)O3)c1ccc(OCC)cc1. The van der Waals surface area contributed by atoms with E-state index in [-0.39, 0.29) is 37.4 Å². The van der Waals surface area contributed by atoms with E-state index in [0.717, 1.165) is 16.8 Å². The van der Waals surface area contributed by atoms with E-state index in [1.54, 1.807) is 26.9 Å². The van der Waals surface area contributed by atoms with Crippen molar-refractivity contribution in [2.45, 2.75) is 77.0 Å². The summed E-state index contributed by atoms with van der Waals surface area (Å²) in [5.41, 5.74) is 1.30. The van der Waals surface area contributed by atoms with Crippen molar-refractivity contribution >= 4 is 29.1 Å². The van der Waals surface area contributed by atoms with E-state index in [0.29, 0.717) is 56.7 Å². The van der Waals surface area contributed by atoms with E-state index < -0.39 is 29.1 Å². The molecule has 1 N–H and O–H groups in total. The van der Waals surface area contributed by atoms with Crippen molar-refractivity contribution in [2.24, 2.45) is 11.8 Å². The second-order valence-corrected chi connectivity index (χ2v) is 13.2. The molecule has 0 saturated carbocycles. The molecule has 5 rings (SSSR count). The van der Waals surface area contributed by atoms with Crippen LogP contribution < -0.4 is 14.5 Å². The van der Waals surface area contributed by atoms with E-state index in [1.165, 1.54) is 0 Å². The maximum Gasteiger partial charge on any atom is 0.253 e. The number of aliphatic hydroxyl groups excluding tert-OH is 1. The van der Waals surface area contributed by atoms with Crippen LogP contribution in [0.25, 0.3) is 0 Å². The number of aliphatic hydroxyl groups is 1. The topological polar surface area (TPSA) is 99.6 Å². The highest BCUT2D eigenvalue weighted by Crippen LogP contribution is 2.63. The number of nitrogens with zero attached hydrogens (tertiary/aromatic N) is 3. The number of likely N-dealkylation sites (tertiary alicyclic amines) is 1. The Kier molecular flexibility index (Phi) is 10.3. The minimum Gasteiger partial charge on any atom is -0.494 e. The highest BCUT2D eigenvalue weighted by molar-refractivity contribution is 6.07. The maximum atomic E-state index is 14.9. The molecular formula is C38H49N3O6. The van der Waals surface area contributed by atoms with Crippen LogP contribution >= 0.6 is 0 Å². The molecule has 3 fully saturated rings. The largest absolute Gasteiger partial charge is 0.494 e. The Morgan fingerprint density at radius 1 is 1.02 bits per heavy atom. The number of anilines is 2. The molecule has 9 nitrogen and oxygen atoms in total. The number of rotatable bonds is 15. The minimum absolute atomic E-state index is 0.0609. The Labute approximate surface area is 278 Å². The molecule has 0 aliphatic carbocycles. The average Bonchev–Trinajstić information content (AvgIpc) is 3.62. The van der Waals surface area contributed by atoms with E-state index >= 15 is 0 Å². The molecule has 1 spiro atoms. The van der Waals surface area contributed by atoms with Gasteiger partial charge in [0.25, 0.3) is 5.91 Å². The number of benzene rings is 2. The van der Waals surface area contributed by atoms with Crippen LogP contribution in [0.3, 0.4) is 0 Å². The van der Waals surface area contributed by atoms with Crippen LogP contribution in [-0.4, -0.2) is 77.8 Å². The Morgan fingerprint density at radius 3 is 2.38 bits per heavy atom. The maximum absolute atomic E-state index is 14.9. The third kappa shape index (κ3) is 6.11. The fraction of sp³-hybridized carbons (Fsp3) is 0.500. The molecule has 2 bridgehead atoms. The first-order chi connectivity index (χ1) is 22.6. The highest BCUT2D eigenvalue weighted by atomic mass is 16.5. The normalized spacial score (nSPS) is 25.9. The first-order valence-electron chi connectivity index (χ1n) is 16.8. The summed E-state index contributed by atoms with van der Waals surface area (Å²) in [5.74, 6) is -1.58. The van der Waals surface area contributed by atoms with Gasteiger partial charge in [-0.15, -0.1) is 13.2 Å². The van der Waals surface area contributed by atoms with Crippen LogP contribution in [0.4, 0.5) is 11.4 Å². The van der Waals surface area contributed by atoms with Crippen LogP contribution in [0.1, 0.15) is 57.1 Å². The van der Waals surface area contributed by atoms with Crippen LogP contribution in [0.2, 0.25) is 0 Å². The summed E-state index contributed by atoms with van der Waals surface area (Å²) < 4.78 is 12.5. The number of aryl methyl sites for hydroxylation is 2. The number of hydrogen-bond acceptors (Lipinski definition) is 6. The second kappa shape index (κ2) is 14.0. The smallest absolute Gasteiger partial charge is 0.253 e. The molecule has 47 heavy (non-hydrogen) atoms. The molecule has 0 aromatic heterocycles. The van der Waals surface area contributed by atoms with Gasteiger partial charge in [0.2, 0.25) is 11.8 Å². The van der Waals surface area contributed by atoms with Gasteiger partial charge in [-0.3, -0.25) is 14.4 Å². The third-order valence-corrected chi connectivity index (χ3v) is 10.1. The number of amides is 3. The molecule has 0 radical (unpaired) electrons. The lowest BCUT2D eigenvalue weighted by Crippen LogP contribution is -2.56. The Balaban J connectivity index is 1.57. The molecule has 3 aliphatic heterocycles. The Bertz CT molecular complexity index is 1510. The lowest BCUT2D eigenvalue weighted by molar-refractivity contribution is -0.144. The van der Waals surface area contributed by atoms with Crippen molar-refractivity contribution in [3.05, 3.63) is 78.9 Å². The summed E-state index contributed by atoms with van der Waals surface area (Å²) in [4.78, 5) is 49.4. The van der Waals surface area contributed by atoms with E-state index in [1.807, 2.05) is 70.2 Å². The van der Waals surface area contributed by atoms with Crippen molar-refractivity contribution < 1.29 is 29.0 Å². The van der Waals surface area contributed by atoms with Gasteiger partial charge in [-0.05, 0) is 101 Å². The molecule has 9 heteroatoms. The van der Waals surface area contributed by atoms with Crippen molar-refractivity contribution in [3.63, 3.8) is 0 Å². The summed E-state index contributed by atoms with van der Waals surface area (Å²) in [7, 11) is 0. The molecule has 2 aromatic rings. The summed E-state index contributed by atoms with van der Waals surface area (Å²) in [5, 5.41) is 9.40. The molecule has 3 amide bonds. The zero-order chi connectivity index (χ0) is 33.9. The molecule has 3 heterocycles. The van der Waals surface area contributed by atoms with Crippen molar-refractivity contribution in [2.75, 3.05) is 42.6 Å². The predicted octanol–water partition coefficient (Wildman–Crippen LogP) is 5.37. The number of hydrogen-bond donors (Lipinski definition) is 1. The van der Waals surface area contributed by atoms with Crippen molar-refractivity contribution in [3.8, 4) is 5.75 Å². The molecule has 5 atom stereocenters. The minimum atomic E-state index is -1.16. The molecule has 252 valence electrons. The van der Waals surface area contributed by atoms with Crippen LogP contribution in [-0.2, 0) is 19.1 Å². The van der Waals surface area contributed by atoms with Crippen LogP contribution in [0, 0.1) is 25.7 Å². The highest BCUT2D eigenvalue weighted by Gasteiger charge is 2.78. The molecular weight excluding hydrogens is 594 g/mol. The number of carbonyl (C=O) groups excluding carboxylic acids is 3. The molecule has 3 saturated heterocycles. The van der Waals surface area contributed by atoms with E-state index in [4.69, 9.17) is 9.47 Å². The van der Waals surface area contributed by atoms with Gasteiger partial charge < -0.3 is 29.3 Å². The van der Waals surface area contributed by atoms with Crippen LogP contribution in [0.5, 0.6) is 5.75 Å². The fourth-order valence-electron chi connectivity index (χ4n) is 7.99. The standard InChI is InChI=1S/C38H49N3O6/c1-7-21-39(28-15-17-29(18-16-28)46-9-3)34(43)31-32-35(44)41(23-11-10-12-24-42)33(38(32)20-19-37(31,6)47-38)36(45)40(22-8-2)30-25-26(4)13-14-27(30)5/h7-8,13-18,25,31-33,42H,1-2,9-12,19-24H2,3-6H3/t31-,32+,33?,37+,38?/m1/s1. The van der Waals surface area contributed by atoms with Gasteiger partial charge in [0.15, 0.2) is 0 Å². The zero-order valence-corrected chi connectivity index (χ0v) is 28.2. The van der Waals surface area contributed by atoms with Crippen molar-refractivity contribution in [1.82, 2.24) is 4.90 Å². The second-order valence-electron chi connectivity index (χ2n) is 13.2. The fourth-order valence-corrected chi connectivity index (χ4v) is 7.99. The summed E-state index contributed by atoms with van der Waals surface area (Å²) >= 11 is 0. The quantitative estimate of drug-likeness (QED) is 0.207. The molecule has 3 aliphatic rings. The molecule has 2 aromatic carbocycles. The molecule has 2 unspecified atom stereocenters. The lowest BCUT2D eigenvalue weighted by Gasteiger charge is -2.37. The Hall–Kier alpha value is -3.95. The lowest BCUT2D eigenvalue weighted by atomic mass is 9.66. The van der Waals surface area contributed by atoms with Gasteiger partial charge in [-0.1, -0.05) is 24.3 Å². The van der Waals surface area contributed by atoms with Crippen LogP contribution in [0.15, 0.2) is 67.8 Å². The zero-order valence-electron chi connectivity index (χ0n) is 28.2. The van der Waals surface area contributed by atoms with Gasteiger partial charge in [0.05, 0.1) is 24.0 Å². The van der Waals surface area contributed by atoms with E-state index in [2.05, 4.69) is 13.2 Å².